The minimum Gasteiger partial charge on any atom is -0.480 e. The van der Waals surface area contributed by atoms with E-state index in [1.807, 2.05) is 0 Å². The Morgan fingerprint density at radius 1 is 1.25 bits per heavy atom. The number of halogens is 3. The van der Waals surface area contributed by atoms with Gasteiger partial charge < -0.3 is 26.2 Å². The highest BCUT2D eigenvalue weighted by Crippen LogP contribution is 2.52. The van der Waals surface area contributed by atoms with Crippen LogP contribution in [0.2, 0.25) is 0 Å². The molecule has 1 aliphatic rings. The molecule has 11 heteroatoms. The van der Waals surface area contributed by atoms with Crippen LogP contribution in [0.1, 0.15) is 12.8 Å². The van der Waals surface area contributed by atoms with E-state index in [0.29, 0.717) is 0 Å². The molecule has 0 amide bonds. The summed E-state index contributed by atoms with van der Waals surface area (Å²) in [6.45, 7) is -0.561. The summed E-state index contributed by atoms with van der Waals surface area (Å²) in [5.74, 6) is -3.61. The number of hydrogen-bond acceptors (Lipinski definition) is 6. The van der Waals surface area contributed by atoms with Crippen LogP contribution in [0, 0.1) is 5.41 Å². The summed E-state index contributed by atoms with van der Waals surface area (Å²) >= 11 is 5.02. The molecule has 1 aliphatic carbocycles. The summed E-state index contributed by atoms with van der Waals surface area (Å²) in [5.41, 5.74) is 3.45. The molecule has 1 rings (SSSR count). The Morgan fingerprint density at radius 3 is 2.21 bits per heavy atom. The van der Waals surface area contributed by atoms with Gasteiger partial charge >= 0.3 is 11.9 Å². The van der Waals surface area contributed by atoms with Gasteiger partial charge in [0.1, 0.15) is 0 Å². The molecule has 0 aromatic rings. The predicted molar refractivity (Wildman–Crippen MR) is 109 cm³/mol. The third kappa shape index (κ3) is 3.73. The van der Waals surface area contributed by atoms with E-state index in [2.05, 4.69) is 0 Å². The zero-order chi connectivity index (χ0) is 18.8. The number of carbonyl (C=O) groups excluding carboxylic acids is 1. The molecule has 24 heavy (non-hydrogen) atoms. The molecular weight excluding hydrogens is 663 g/mol. The van der Waals surface area contributed by atoms with Crippen LogP contribution in [0.3, 0.4) is 0 Å². The van der Waals surface area contributed by atoms with Gasteiger partial charge in [-0.05, 0) is 51.6 Å². The Labute approximate surface area is 178 Å². The highest BCUT2D eigenvalue weighted by molar-refractivity contribution is 14.1. The highest BCUT2D eigenvalue weighted by atomic mass is 127. The predicted octanol–water partition coefficient (Wildman–Crippen LogP) is 0.956. The van der Waals surface area contributed by atoms with Gasteiger partial charge in [-0.25, -0.2) is 4.79 Å². The molecule has 0 fully saturated rings. The molecule has 3 atom stereocenters. The molecule has 0 radical (unpaired) electrons. The first-order valence-electron chi connectivity index (χ1n) is 6.52. The summed E-state index contributed by atoms with van der Waals surface area (Å²) in [5, 5.41) is 37.4. The van der Waals surface area contributed by atoms with Crippen LogP contribution in [0.25, 0.3) is 0 Å². The summed E-state index contributed by atoms with van der Waals surface area (Å²) in [6.07, 6.45) is -1.64. The molecule has 0 saturated heterocycles. The first kappa shape index (κ1) is 22.0. The first-order chi connectivity index (χ1) is 11.0. The molecule has 0 bridgehead atoms. The number of carboxylic acids is 2. The van der Waals surface area contributed by atoms with E-state index in [1.54, 1.807) is 67.8 Å². The zero-order valence-corrected chi connectivity index (χ0v) is 18.5. The van der Waals surface area contributed by atoms with Gasteiger partial charge in [-0.1, -0.05) is 22.6 Å². The van der Waals surface area contributed by atoms with Crippen LogP contribution in [-0.2, 0) is 14.4 Å². The Hall–Kier alpha value is -0.000000000000000222. The van der Waals surface area contributed by atoms with Gasteiger partial charge in [-0.15, -0.1) is 0 Å². The van der Waals surface area contributed by atoms with Crippen molar-refractivity contribution in [1.82, 2.24) is 0 Å². The van der Waals surface area contributed by atoms with Crippen molar-refractivity contribution in [3.05, 3.63) is 18.4 Å². The van der Waals surface area contributed by atoms with Crippen molar-refractivity contribution < 1.29 is 34.8 Å². The Balaban J connectivity index is 3.49. The summed E-state index contributed by atoms with van der Waals surface area (Å²) in [7, 11) is 0. The second kappa shape index (κ2) is 8.59. The van der Waals surface area contributed by atoms with Crippen molar-refractivity contribution >= 4 is 85.5 Å². The smallest absolute Gasteiger partial charge is 0.333 e. The number of Topliss-reactive ketones (excluding diaryl/α,β-unsaturated/α-hetero) is 1. The third-order valence-electron chi connectivity index (χ3n) is 3.61. The van der Waals surface area contributed by atoms with Crippen molar-refractivity contribution in [2.75, 3.05) is 6.61 Å². The number of aliphatic carboxylic acids is 2. The van der Waals surface area contributed by atoms with E-state index >= 15 is 0 Å². The molecule has 0 aliphatic heterocycles. The average molecular weight is 677 g/mol. The highest BCUT2D eigenvalue weighted by Gasteiger charge is 2.59. The minimum absolute atomic E-state index is 0.0462. The summed E-state index contributed by atoms with van der Waals surface area (Å²) in [6, 6.07) is 0. The largest absolute Gasteiger partial charge is 0.480 e. The molecule has 134 valence electrons. The molecule has 3 unspecified atom stereocenters. The number of alkyl halides is 1. The Kier molecular flexibility index (Phi) is 7.89. The topological polar surface area (TPSA) is 158 Å². The van der Waals surface area contributed by atoms with Crippen LogP contribution < -0.4 is 5.73 Å². The normalized spacial score (nSPS) is 25.6. The fourth-order valence-electron chi connectivity index (χ4n) is 2.27. The summed E-state index contributed by atoms with van der Waals surface area (Å²) < 4.78 is -0.927. The zero-order valence-electron chi connectivity index (χ0n) is 12.0. The standard InChI is InChI=1S/C13H14I3NO7/c14-7-6(11(21)22)9(15)13(12(23)24,10(16)8(7)17)5(20)2-1-4(19)3-18/h4,9,18-19H,1-3,17H2,(H,21,22)(H,23,24). The molecule has 0 spiro atoms. The number of aliphatic hydroxyl groups is 2. The maximum absolute atomic E-state index is 12.7. The van der Waals surface area contributed by atoms with Crippen LogP contribution in [-0.4, -0.2) is 54.8 Å². The average Bonchev–Trinajstić information content (AvgIpc) is 2.50. The van der Waals surface area contributed by atoms with E-state index < -0.39 is 39.8 Å². The number of nitrogens with two attached hydrogens (primary N) is 1. The monoisotopic (exact) mass is 677 g/mol. The lowest BCUT2D eigenvalue weighted by molar-refractivity contribution is -0.151. The van der Waals surface area contributed by atoms with Gasteiger partial charge in [0.15, 0.2) is 11.2 Å². The Bertz CT molecular complexity index is 645. The lowest BCUT2D eigenvalue weighted by Crippen LogP contribution is -2.51. The lowest BCUT2D eigenvalue weighted by Gasteiger charge is -2.37. The molecular formula is C13H14I3NO7. The van der Waals surface area contributed by atoms with Crippen LogP contribution in [0.4, 0.5) is 0 Å². The number of aliphatic hydroxyl groups excluding tert-OH is 2. The van der Waals surface area contributed by atoms with Crippen molar-refractivity contribution in [3.8, 4) is 0 Å². The first-order valence-corrected chi connectivity index (χ1v) is 9.92. The molecule has 0 aromatic heterocycles. The fourth-order valence-corrected chi connectivity index (χ4v) is 7.40. The molecule has 0 heterocycles. The number of rotatable bonds is 7. The van der Waals surface area contributed by atoms with Crippen LogP contribution in [0.15, 0.2) is 18.4 Å². The van der Waals surface area contributed by atoms with Gasteiger partial charge in [0.2, 0.25) is 0 Å². The van der Waals surface area contributed by atoms with E-state index in [1.165, 1.54) is 0 Å². The van der Waals surface area contributed by atoms with E-state index in [4.69, 9.17) is 10.8 Å². The SMILES string of the molecule is NC1=C(I)C(C(=O)O)(C(=O)CCC(O)CO)C(I)C(C(=O)O)=C1I. The van der Waals surface area contributed by atoms with Crippen LogP contribution >= 0.6 is 67.8 Å². The summed E-state index contributed by atoms with van der Waals surface area (Å²) in [4.78, 5) is 36.3. The van der Waals surface area contributed by atoms with E-state index in [-0.39, 0.29) is 31.3 Å². The van der Waals surface area contributed by atoms with Gasteiger partial charge in [0.05, 0.1) is 27.9 Å². The second-order valence-electron chi connectivity index (χ2n) is 5.03. The van der Waals surface area contributed by atoms with Gasteiger partial charge in [0.25, 0.3) is 0 Å². The van der Waals surface area contributed by atoms with Gasteiger partial charge in [-0.3, -0.25) is 9.59 Å². The lowest BCUT2D eigenvalue weighted by atomic mass is 9.72. The number of ketones is 1. The maximum atomic E-state index is 12.7. The third-order valence-corrected chi connectivity index (χ3v) is 7.76. The van der Waals surface area contributed by atoms with E-state index in [9.17, 15) is 29.7 Å². The number of allylic oxidation sites excluding steroid dienone is 1. The quantitative estimate of drug-likeness (QED) is 0.152. The Morgan fingerprint density at radius 2 is 1.79 bits per heavy atom. The molecule has 8 nitrogen and oxygen atoms in total. The minimum atomic E-state index is -2.14. The van der Waals surface area contributed by atoms with Crippen molar-refractivity contribution in [3.63, 3.8) is 0 Å². The number of hydrogen-bond donors (Lipinski definition) is 5. The molecule has 0 saturated carbocycles. The van der Waals surface area contributed by atoms with Gasteiger partial charge in [0, 0.05) is 13.6 Å². The second-order valence-corrected chi connectivity index (χ2v) is 8.44. The number of carboxylic acid groups (broad SMARTS) is 2. The fraction of sp³-hybridized carbons (Fsp3) is 0.462. The molecule has 6 N–H and O–H groups in total. The van der Waals surface area contributed by atoms with E-state index in [0.717, 1.165) is 0 Å². The van der Waals surface area contributed by atoms with Crippen LogP contribution in [0.5, 0.6) is 0 Å². The number of carbonyl (C=O) groups is 3. The van der Waals surface area contributed by atoms with Crippen molar-refractivity contribution in [2.24, 2.45) is 11.1 Å². The van der Waals surface area contributed by atoms with Gasteiger partial charge in [-0.2, -0.15) is 0 Å². The van der Waals surface area contributed by atoms with Crippen molar-refractivity contribution in [1.29, 1.82) is 0 Å². The van der Waals surface area contributed by atoms with Crippen molar-refractivity contribution in [2.45, 2.75) is 22.9 Å². The maximum Gasteiger partial charge on any atom is 0.333 e. The molecule has 0 aromatic carbocycles.